The average molecular weight is 447 g/mol. The molecule has 3 aliphatic rings. The zero-order valence-corrected chi connectivity index (χ0v) is 20.0. The molecular formula is C28H34N2O3. The van der Waals surface area contributed by atoms with Gasteiger partial charge in [-0.05, 0) is 74.1 Å². The summed E-state index contributed by atoms with van der Waals surface area (Å²) in [6.07, 6.45) is 4.43. The van der Waals surface area contributed by atoms with Gasteiger partial charge in [0.15, 0.2) is 0 Å². The van der Waals surface area contributed by atoms with E-state index in [4.69, 9.17) is 4.74 Å². The Morgan fingerprint density at radius 3 is 2.24 bits per heavy atom. The van der Waals surface area contributed by atoms with Gasteiger partial charge in [-0.15, -0.1) is 0 Å². The Morgan fingerprint density at radius 1 is 0.909 bits per heavy atom. The molecule has 1 fully saturated rings. The monoisotopic (exact) mass is 446 g/mol. The molecular weight excluding hydrogens is 412 g/mol. The third-order valence-electron chi connectivity index (χ3n) is 7.66. The molecule has 5 heteroatoms. The Hall–Kier alpha value is -2.82. The van der Waals surface area contributed by atoms with Gasteiger partial charge < -0.3 is 9.64 Å². The van der Waals surface area contributed by atoms with E-state index >= 15 is 0 Å². The lowest BCUT2D eigenvalue weighted by Crippen LogP contribution is -2.56. The van der Waals surface area contributed by atoms with E-state index in [1.807, 2.05) is 43.9 Å². The number of fused-ring (bicyclic) bond motifs is 3. The van der Waals surface area contributed by atoms with Crippen LogP contribution in [-0.2, 0) is 34.3 Å². The van der Waals surface area contributed by atoms with Crippen molar-refractivity contribution in [2.24, 2.45) is 0 Å². The summed E-state index contributed by atoms with van der Waals surface area (Å²) < 4.78 is 5.69. The summed E-state index contributed by atoms with van der Waals surface area (Å²) in [5, 5.41) is 0. The molecule has 0 N–H and O–H groups in total. The number of amides is 2. The van der Waals surface area contributed by atoms with Crippen LogP contribution in [0, 0.1) is 0 Å². The number of likely N-dealkylation sites (tertiary alicyclic amines) is 1. The Balaban J connectivity index is 1.35. The number of piperidine rings is 1. The van der Waals surface area contributed by atoms with Crippen molar-refractivity contribution in [1.82, 2.24) is 9.80 Å². The summed E-state index contributed by atoms with van der Waals surface area (Å²) in [6.45, 7) is 7.49. The van der Waals surface area contributed by atoms with Crippen LogP contribution in [0.2, 0.25) is 0 Å². The normalized spacial score (nSPS) is 21.5. The second kappa shape index (κ2) is 8.19. The smallest absolute Gasteiger partial charge is 0.411 e. The Labute approximate surface area is 196 Å². The molecule has 174 valence electrons. The Bertz CT molecular complexity index is 1060. The van der Waals surface area contributed by atoms with Crippen molar-refractivity contribution in [3.63, 3.8) is 0 Å². The number of ether oxygens (including phenoxy) is 1. The molecule has 2 amide bonds. The summed E-state index contributed by atoms with van der Waals surface area (Å²) in [4.78, 5) is 30.5. The topological polar surface area (TPSA) is 49.9 Å². The van der Waals surface area contributed by atoms with E-state index in [1.54, 1.807) is 4.90 Å². The van der Waals surface area contributed by atoms with Crippen LogP contribution in [0.15, 0.2) is 48.5 Å². The summed E-state index contributed by atoms with van der Waals surface area (Å²) in [7, 11) is 0. The van der Waals surface area contributed by atoms with Gasteiger partial charge in [-0.2, -0.15) is 0 Å². The average Bonchev–Trinajstić information content (AvgIpc) is 3.15. The zero-order valence-electron chi connectivity index (χ0n) is 20.0. The molecule has 1 aliphatic carbocycles. The molecule has 0 radical (unpaired) electrons. The van der Waals surface area contributed by atoms with Gasteiger partial charge in [0, 0.05) is 19.5 Å². The van der Waals surface area contributed by atoms with Gasteiger partial charge >= 0.3 is 6.09 Å². The minimum Gasteiger partial charge on any atom is -0.444 e. The maximum absolute atomic E-state index is 13.8. The second-order valence-corrected chi connectivity index (χ2v) is 10.9. The van der Waals surface area contributed by atoms with Crippen molar-refractivity contribution in [3.05, 3.63) is 70.8 Å². The highest BCUT2D eigenvalue weighted by molar-refractivity contribution is 5.87. The third kappa shape index (κ3) is 4.14. The molecule has 2 aromatic carbocycles. The molecule has 0 bridgehead atoms. The first-order valence-corrected chi connectivity index (χ1v) is 12.2. The van der Waals surface area contributed by atoms with Crippen LogP contribution in [-0.4, -0.2) is 46.5 Å². The van der Waals surface area contributed by atoms with Crippen molar-refractivity contribution in [3.8, 4) is 0 Å². The minimum atomic E-state index is -0.602. The fourth-order valence-electron chi connectivity index (χ4n) is 5.91. The second-order valence-electron chi connectivity index (χ2n) is 10.9. The molecule has 5 rings (SSSR count). The number of hydrogen-bond donors (Lipinski definition) is 0. The number of carbonyl (C=O) groups excluding carboxylic acids is 2. The molecule has 2 aromatic rings. The fraction of sp³-hybridized carbons (Fsp3) is 0.500. The number of nitrogens with zero attached hydrogens (tertiary/aromatic N) is 2. The van der Waals surface area contributed by atoms with Crippen LogP contribution in [0.1, 0.15) is 62.3 Å². The van der Waals surface area contributed by atoms with Gasteiger partial charge in [0.1, 0.15) is 11.6 Å². The molecule has 33 heavy (non-hydrogen) atoms. The SMILES string of the molecule is CC(C)(C)OC(=O)N1Cc2ccccc2C[C@H]1C(=O)N1CCC2(CCc3ccccc32)CC1. The van der Waals surface area contributed by atoms with Gasteiger partial charge in [0.05, 0.1) is 6.54 Å². The molecule has 0 aromatic heterocycles. The fourth-order valence-corrected chi connectivity index (χ4v) is 5.91. The van der Waals surface area contributed by atoms with Crippen LogP contribution in [0.3, 0.4) is 0 Å². The summed E-state index contributed by atoms with van der Waals surface area (Å²) in [5.74, 6) is 0.0523. The van der Waals surface area contributed by atoms with Gasteiger partial charge in [-0.25, -0.2) is 4.79 Å². The minimum absolute atomic E-state index is 0.0523. The summed E-state index contributed by atoms with van der Waals surface area (Å²) in [6, 6.07) is 16.4. The highest BCUT2D eigenvalue weighted by atomic mass is 16.6. The van der Waals surface area contributed by atoms with Crippen molar-refractivity contribution in [1.29, 1.82) is 0 Å². The zero-order chi connectivity index (χ0) is 23.2. The lowest BCUT2D eigenvalue weighted by molar-refractivity contribution is -0.139. The molecule has 1 saturated heterocycles. The van der Waals surface area contributed by atoms with Gasteiger partial charge in [-0.3, -0.25) is 9.69 Å². The highest BCUT2D eigenvalue weighted by Crippen LogP contribution is 2.46. The van der Waals surface area contributed by atoms with E-state index in [-0.39, 0.29) is 11.3 Å². The van der Waals surface area contributed by atoms with Gasteiger partial charge in [0.25, 0.3) is 0 Å². The molecule has 2 aliphatic heterocycles. The number of carbonyl (C=O) groups is 2. The Kier molecular flexibility index (Phi) is 5.46. The van der Waals surface area contributed by atoms with Crippen LogP contribution in [0.4, 0.5) is 4.79 Å². The molecule has 1 atom stereocenters. The van der Waals surface area contributed by atoms with Crippen LogP contribution >= 0.6 is 0 Å². The van der Waals surface area contributed by atoms with E-state index in [9.17, 15) is 9.59 Å². The first-order valence-electron chi connectivity index (χ1n) is 12.2. The maximum atomic E-state index is 13.8. The molecule has 0 saturated carbocycles. The standard InChI is InChI=1S/C28H34N2O3/c1-27(2,3)33-26(32)30-19-22-10-5-4-9-21(22)18-24(30)25(31)29-16-14-28(15-17-29)13-12-20-8-6-7-11-23(20)28/h4-11,24H,12-19H2,1-3H3/t24-/m0/s1. The van der Waals surface area contributed by atoms with E-state index < -0.39 is 17.7 Å². The predicted molar refractivity (Wildman–Crippen MR) is 128 cm³/mol. The molecule has 5 nitrogen and oxygen atoms in total. The van der Waals surface area contributed by atoms with Crippen LogP contribution in [0.5, 0.6) is 0 Å². The van der Waals surface area contributed by atoms with E-state index in [0.717, 1.165) is 43.5 Å². The Morgan fingerprint density at radius 2 is 1.55 bits per heavy atom. The maximum Gasteiger partial charge on any atom is 0.411 e. The van der Waals surface area contributed by atoms with E-state index in [0.29, 0.717) is 13.0 Å². The molecule has 2 heterocycles. The van der Waals surface area contributed by atoms with Gasteiger partial charge in [0.2, 0.25) is 5.91 Å². The summed E-state index contributed by atoms with van der Waals surface area (Å²) in [5.41, 5.74) is 4.80. The highest BCUT2D eigenvalue weighted by Gasteiger charge is 2.44. The van der Waals surface area contributed by atoms with Crippen LogP contribution < -0.4 is 0 Å². The lowest BCUT2D eigenvalue weighted by Gasteiger charge is -2.43. The van der Waals surface area contributed by atoms with E-state index in [1.165, 1.54) is 17.5 Å². The van der Waals surface area contributed by atoms with Crippen molar-refractivity contribution < 1.29 is 14.3 Å². The third-order valence-corrected chi connectivity index (χ3v) is 7.66. The largest absolute Gasteiger partial charge is 0.444 e. The van der Waals surface area contributed by atoms with Crippen molar-refractivity contribution in [2.75, 3.05) is 13.1 Å². The predicted octanol–water partition coefficient (Wildman–Crippen LogP) is 4.86. The number of hydrogen-bond acceptors (Lipinski definition) is 3. The number of benzene rings is 2. The number of rotatable bonds is 1. The molecule has 1 spiro atoms. The quantitative estimate of drug-likeness (QED) is 0.629. The van der Waals surface area contributed by atoms with Crippen LogP contribution in [0.25, 0.3) is 0 Å². The lowest BCUT2D eigenvalue weighted by atomic mass is 9.73. The van der Waals surface area contributed by atoms with Gasteiger partial charge in [-0.1, -0.05) is 48.5 Å². The molecule has 0 unspecified atom stereocenters. The number of aryl methyl sites for hydroxylation is 1. The first kappa shape index (κ1) is 22.0. The summed E-state index contributed by atoms with van der Waals surface area (Å²) >= 11 is 0. The van der Waals surface area contributed by atoms with E-state index in [2.05, 4.69) is 30.3 Å². The van der Waals surface area contributed by atoms with Crippen molar-refractivity contribution >= 4 is 12.0 Å². The van der Waals surface area contributed by atoms with Crippen molar-refractivity contribution in [2.45, 2.75) is 76.5 Å². The first-order chi connectivity index (χ1) is 15.8.